The van der Waals surface area contributed by atoms with E-state index in [0.717, 1.165) is 24.4 Å². The van der Waals surface area contributed by atoms with E-state index in [9.17, 15) is 4.79 Å². The van der Waals surface area contributed by atoms with E-state index in [1.807, 2.05) is 30.3 Å². The van der Waals surface area contributed by atoms with Crippen LogP contribution in [-0.4, -0.2) is 25.8 Å². The monoisotopic (exact) mass is 509 g/mol. The van der Waals surface area contributed by atoms with Crippen LogP contribution in [0.15, 0.2) is 65.4 Å². The number of rotatable bonds is 7. The fourth-order valence-electron chi connectivity index (χ4n) is 5.74. The fraction of sp³-hybridized carbons (Fsp3) is 0.333. The summed E-state index contributed by atoms with van der Waals surface area (Å²) in [5.74, 6) is 0.618. The van der Waals surface area contributed by atoms with E-state index in [-0.39, 0.29) is 11.3 Å². The van der Waals surface area contributed by atoms with Gasteiger partial charge in [-0.25, -0.2) is 5.43 Å². The zero-order chi connectivity index (χ0) is 27.6. The lowest BCUT2D eigenvalue weighted by molar-refractivity contribution is 0.0955. The second-order valence-electron chi connectivity index (χ2n) is 10.4. The Balaban J connectivity index is 1.79. The number of carbonyl (C=O) groups is 1. The van der Waals surface area contributed by atoms with Crippen LogP contribution in [0.3, 0.4) is 0 Å². The van der Waals surface area contributed by atoms with E-state index in [1.165, 1.54) is 44.6 Å². The molecule has 38 heavy (non-hydrogen) atoms. The predicted molar refractivity (Wildman–Crippen MR) is 158 cm³/mol. The average Bonchev–Trinajstić information content (AvgIpc) is 3.17. The Kier molecular flexibility index (Phi) is 7.77. The Morgan fingerprint density at radius 2 is 1.61 bits per heavy atom. The molecule has 5 heteroatoms. The second-order valence-corrected chi connectivity index (χ2v) is 10.4. The van der Waals surface area contributed by atoms with Crippen molar-refractivity contribution in [1.82, 2.24) is 5.43 Å². The van der Waals surface area contributed by atoms with Crippen molar-refractivity contribution in [2.24, 2.45) is 5.10 Å². The van der Waals surface area contributed by atoms with Crippen molar-refractivity contribution in [2.75, 3.05) is 18.6 Å². The van der Waals surface area contributed by atoms with E-state index >= 15 is 0 Å². The Labute approximate surface area is 227 Å². The van der Waals surface area contributed by atoms with Crippen LogP contribution in [0, 0.1) is 34.6 Å². The molecule has 5 nitrogen and oxygen atoms in total. The first kappa shape index (κ1) is 27.2. The molecule has 4 rings (SSSR count). The van der Waals surface area contributed by atoms with Crippen LogP contribution in [0.4, 0.5) is 5.69 Å². The van der Waals surface area contributed by atoms with Crippen molar-refractivity contribution in [3.8, 4) is 5.75 Å². The summed E-state index contributed by atoms with van der Waals surface area (Å²) in [6, 6.07) is 15.5. The maximum absolute atomic E-state index is 12.5. The standard InChI is InChI=1S/C33H39N3O2/c1-9-36-30-16-15-27(38-8)19-29(30)33(7,20-28-24(5)22(3)21(2)23(4)25(28)6)31(36)17-18-34-35-32(37)26-13-11-10-12-14-26/h10-19H,9,20H2,1-8H3,(H,35,37)/b31-17-,34-18+. The van der Waals surface area contributed by atoms with Gasteiger partial charge in [0.25, 0.3) is 5.91 Å². The van der Waals surface area contributed by atoms with Crippen LogP contribution < -0.4 is 15.1 Å². The normalized spacial score (nSPS) is 17.8. The molecule has 1 amide bonds. The third-order valence-corrected chi connectivity index (χ3v) is 8.46. The van der Waals surface area contributed by atoms with Gasteiger partial charge in [0.05, 0.1) is 7.11 Å². The number of fused-ring (bicyclic) bond motifs is 1. The van der Waals surface area contributed by atoms with Crippen LogP contribution in [0.25, 0.3) is 0 Å². The van der Waals surface area contributed by atoms with E-state index in [1.54, 1.807) is 25.5 Å². The van der Waals surface area contributed by atoms with Crippen molar-refractivity contribution in [2.45, 2.75) is 60.3 Å². The van der Waals surface area contributed by atoms with Gasteiger partial charge in [0.15, 0.2) is 0 Å². The maximum Gasteiger partial charge on any atom is 0.271 e. The van der Waals surface area contributed by atoms with Gasteiger partial charge in [-0.1, -0.05) is 18.2 Å². The third-order valence-electron chi connectivity index (χ3n) is 8.46. The fourth-order valence-corrected chi connectivity index (χ4v) is 5.74. The van der Waals surface area contributed by atoms with Crippen LogP contribution in [0.5, 0.6) is 5.75 Å². The first-order valence-electron chi connectivity index (χ1n) is 13.2. The number of ether oxygens (including phenoxy) is 1. The van der Waals surface area contributed by atoms with Gasteiger partial charge in [-0.2, -0.15) is 5.10 Å². The topological polar surface area (TPSA) is 53.9 Å². The molecule has 3 aromatic carbocycles. The van der Waals surface area contributed by atoms with Crippen molar-refractivity contribution in [1.29, 1.82) is 0 Å². The van der Waals surface area contributed by atoms with Gasteiger partial charge in [-0.15, -0.1) is 0 Å². The molecule has 0 spiro atoms. The van der Waals surface area contributed by atoms with Crippen LogP contribution >= 0.6 is 0 Å². The lowest BCUT2D eigenvalue weighted by Gasteiger charge is -2.32. The quantitative estimate of drug-likeness (QED) is 0.279. The average molecular weight is 510 g/mol. The molecule has 1 heterocycles. The van der Waals surface area contributed by atoms with Crippen molar-refractivity contribution in [3.05, 3.63) is 105 Å². The van der Waals surface area contributed by atoms with Crippen LogP contribution in [0.1, 0.15) is 63.1 Å². The van der Waals surface area contributed by atoms with Gasteiger partial charge >= 0.3 is 0 Å². The maximum atomic E-state index is 12.5. The largest absolute Gasteiger partial charge is 0.497 e. The first-order valence-corrected chi connectivity index (χ1v) is 13.2. The SMILES string of the molecule is CCN1/C(=C\C=N\NC(=O)c2ccccc2)C(C)(Cc2c(C)c(C)c(C)c(C)c2C)c2cc(OC)ccc21. The number of methoxy groups -OCH3 is 1. The molecule has 0 saturated heterocycles. The summed E-state index contributed by atoms with van der Waals surface area (Å²) in [5.41, 5.74) is 14.7. The number of hydrogen-bond donors (Lipinski definition) is 1. The van der Waals surface area contributed by atoms with Gasteiger partial charge in [0.2, 0.25) is 0 Å². The van der Waals surface area contributed by atoms with E-state index in [2.05, 4.69) is 76.0 Å². The molecule has 0 fully saturated rings. The molecule has 1 unspecified atom stereocenters. The highest BCUT2D eigenvalue weighted by Crippen LogP contribution is 2.51. The molecule has 0 aromatic heterocycles. The smallest absolute Gasteiger partial charge is 0.271 e. The minimum Gasteiger partial charge on any atom is -0.497 e. The summed E-state index contributed by atoms with van der Waals surface area (Å²) in [4.78, 5) is 14.8. The summed E-state index contributed by atoms with van der Waals surface area (Å²) in [6.45, 7) is 16.5. The number of anilines is 1. The molecule has 1 atom stereocenters. The van der Waals surface area contributed by atoms with E-state index < -0.39 is 0 Å². The highest BCUT2D eigenvalue weighted by Gasteiger charge is 2.44. The molecular formula is C33H39N3O2. The second kappa shape index (κ2) is 10.9. The number of hydrogen-bond acceptors (Lipinski definition) is 4. The van der Waals surface area contributed by atoms with Crippen molar-refractivity contribution >= 4 is 17.8 Å². The summed E-state index contributed by atoms with van der Waals surface area (Å²) in [5, 5.41) is 4.27. The highest BCUT2D eigenvalue weighted by molar-refractivity contribution is 5.94. The van der Waals surface area contributed by atoms with E-state index in [0.29, 0.717) is 5.56 Å². The summed E-state index contributed by atoms with van der Waals surface area (Å²) in [7, 11) is 1.71. The molecule has 1 aliphatic heterocycles. The molecule has 3 aromatic rings. The molecule has 198 valence electrons. The Hall–Kier alpha value is -3.86. The van der Waals surface area contributed by atoms with Crippen molar-refractivity contribution < 1.29 is 9.53 Å². The van der Waals surface area contributed by atoms with Crippen LogP contribution in [0.2, 0.25) is 0 Å². The van der Waals surface area contributed by atoms with Gasteiger partial charge in [-0.05, 0) is 130 Å². The highest BCUT2D eigenvalue weighted by atomic mass is 16.5. The number of carbonyl (C=O) groups excluding carboxylic acids is 1. The number of hydrazone groups is 1. The predicted octanol–water partition coefficient (Wildman–Crippen LogP) is 6.88. The molecule has 1 aliphatic rings. The minimum atomic E-state index is -0.320. The van der Waals surface area contributed by atoms with Gasteiger partial charge in [0, 0.05) is 35.1 Å². The summed E-state index contributed by atoms with van der Waals surface area (Å²) < 4.78 is 5.64. The number of allylic oxidation sites excluding steroid dienone is 2. The van der Waals surface area contributed by atoms with Crippen molar-refractivity contribution in [3.63, 3.8) is 0 Å². The number of likely N-dealkylation sites (N-methyl/N-ethyl adjacent to an activating group) is 1. The van der Waals surface area contributed by atoms with Gasteiger partial charge in [-0.3, -0.25) is 4.79 Å². The summed E-state index contributed by atoms with van der Waals surface area (Å²) >= 11 is 0. The first-order chi connectivity index (χ1) is 18.1. The minimum absolute atomic E-state index is 0.230. The molecule has 0 bridgehead atoms. The Morgan fingerprint density at radius 1 is 0.974 bits per heavy atom. The Morgan fingerprint density at radius 3 is 2.21 bits per heavy atom. The molecule has 0 saturated carbocycles. The lowest BCUT2D eigenvalue weighted by Crippen LogP contribution is -2.31. The number of benzene rings is 3. The van der Waals surface area contributed by atoms with Gasteiger partial charge < -0.3 is 9.64 Å². The lowest BCUT2D eigenvalue weighted by atomic mass is 9.73. The number of amides is 1. The third kappa shape index (κ3) is 4.73. The zero-order valence-corrected chi connectivity index (χ0v) is 23.9. The molecule has 0 aliphatic carbocycles. The van der Waals surface area contributed by atoms with Gasteiger partial charge in [0.1, 0.15) is 5.75 Å². The van der Waals surface area contributed by atoms with E-state index in [4.69, 9.17) is 4.74 Å². The number of nitrogens with one attached hydrogen (secondary N) is 1. The molecule has 0 radical (unpaired) electrons. The molecular weight excluding hydrogens is 470 g/mol. The number of nitrogens with zero attached hydrogens (tertiary/aromatic N) is 2. The Bertz CT molecular complexity index is 1390. The zero-order valence-electron chi connectivity index (χ0n) is 23.9. The van der Waals surface area contributed by atoms with Crippen LogP contribution in [-0.2, 0) is 11.8 Å². The molecule has 1 N–H and O–H groups in total. The summed E-state index contributed by atoms with van der Waals surface area (Å²) in [6.07, 6.45) is 4.59.